The zero-order valence-corrected chi connectivity index (χ0v) is 8.39. The lowest BCUT2D eigenvalue weighted by atomic mass is 10.5. The van der Waals surface area contributed by atoms with E-state index >= 15 is 0 Å². The van der Waals surface area contributed by atoms with Gasteiger partial charge in [0.2, 0.25) is 5.91 Å². The lowest BCUT2D eigenvalue weighted by molar-refractivity contribution is -0.118. The van der Waals surface area contributed by atoms with Crippen LogP contribution < -0.4 is 5.32 Å². The molecule has 1 unspecified atom stereocenters. The largest absolute Gasteiger partial charge is 0.333 e. The molecule has 1 saturated heterocycles. The van der Waals surface area contributed by atoms with Gasteiger partial charge in [-0.25, -0.2) is 4.98 Å². The van der Waals surface area contributed by atoms with Crippen LogP contribution in [-0.4, -0.2) is 29.4 Å². The second-order valence-corrected chi connectivity index (χ2v) is 4.10. The normalized spacial score (nSPS) is 23.5. The van der Waals surface area contributed by atoms with Gasteiger partial charge in [-0.1, -0.05) is 0 Å². The maximum atomic E-state index is 11.1. The number of rotatable bonds is 1. The standard InChI is InChI=1S/C8H11N3OS/c1-5-4-13-8(9-5)7-10-6(12)3-11(7)2/h4,7H,3H2,1-2H3,(H,10,12). The highest BCUT2D eigenvalue weighted by Gasteiger charge is 2.29. The molecule has 0 aromatic carbocycles. The number of nitrogens with zero attached hydrogens (tertiary/aromatic N) is 2. The molecule has 0 bridgehead atoms. The molecule has 1 N–H and O–H groups in total. The van der Waals surface area contributed by atoms with Crippen molar-refractivity contribution in [3.63, 3.8) is 0 Å². The molecule has 1 aromatic rings. The highest BCUT2D eigenvalue weighted by Crippen LogP contribution is 2.23. The minimum atomic E-state index is -0.0220. The highest BCUT2D eigenvalue weighted by atomic mass is 32.1. The van der Waals surface area contributed by atoms with E-state index in [1.165, 1.54) is 0 Å². The van der Waals surface area contributed by atoms with E-state index in [0.717, 1.165) is 10.7 Å². The third kappa shape index (κ3) is 1.57. The van der Waals surface area contributed by atoms with E-state index in [0.29, 0.717) is 6.54 Å². The van der Waals surface area contributed by atoms with Crippen molar-refractivity contribution < 1.29 is 4.79 Å². The van der Waals surface area contributed by atoms with E-state index in [9.17, 15) is 4.79 Å². The number of carbonyl (C=O) groups is 1. The summed E-state index contributed by atoms with van der Waals surface area (Å²) in [6.45, 7) is 2.42. The Kier molecular flexibility index (Phi) is 2.05. The SMILES string of the molecule is Cc1csc(C2NC(=O)CN2C)n1. The molecule has 5 heteroatoms. The molecule has 2 heterocycles. The molecule has 4 nitrogen and oxygen atoms in total. The van der Waals surface area contributed by atoms with E-state index < -0.39 is 0 Å². The molecular formula is C8H11N3OS. The van der Waals surface area contributed by atoms with Crippen molar-refractivity contribution in [3.8, 4) is 0 Å². The monoisotopic (exact) mass is 197 g/mol. The topological polar surface area (TPSA) is 45.2 Å². The van der Waals surface area contributed by atoms with Crippen molar-refractivity contribution in [1.29, 1.82) is 0 Å². The lowest BCUT2D eigenvalue weighted by Crippen LogP contribution is -2.24. The molecule has 1 aromatic heterocycles. The number of aromatic nitrogens is 1. The molecule has 2 rings (SSSR count). The first-order valence-corrected chi connectivity index (χ1v) is 4.96. The Labute approximate surface area is 80.6 Å². The zero-order valence-electron chi connectivity index (χ0n) is 7.57. The van der Waals surface area contributed by atoms with Gasteiger partial charge >= 0.3 is 0 Å². The summed E-state index contributed by atoms with van der Waals surface area (Å²) in [4.78, 5) is 17.4. The highest BCUT2D eigenvalue weighted by molar-refractivity contribution is 7.09. The fourth-order valence-electron chi connectivity index (χ4n) is 1.37. The van der Waals surface area contributed by atoms with Crippen LogP contribution in [0.25, 0.3) is 0 Å². The smallest absolute Gasteiger partial charge is 0.235 e. The molecule has 0 radical (unpaired) electrons. The molecule has 0 spiro atoms. The summed E-state index contributed by atoms with van der Waals surface area (Å²) >= 11 is 1.59. The first-order chi connectivity index (χ1) is 6.16. The summed E-state index contributed by atoms with van der Waals surface area (Å²) in [7, 11) is 1.92. The van der Waals surface area contributed by atoms with E-state index in [4.69, 9.17) is 0 Å². The Balaban J connectivity index is 2.22. The summed E-state index contributed by atoms with van der Waals surface area (Å²) in [6, 6.07) is 0. The molecule has 0 aliphatic carbocycles. The third-order valence-corrected chi connectivity index (χ3v) is 3.02. The van der Waals surface area contributed by atoms with Crippen LogP contribution in [0.15, 0.2) is 5.38 Å². The number of hydrogen-bond acceptors (Lipinski definition) is 4. The van der Waals surface area contributed by atoms with Crippen molar-refractivity contribution in [2.75, 3.05) is 13.6 Å². The van der Waals surface area contributed by atoms with Gasteiger partial charge in [-0.05, 0) is 14.0 Å². The van der Waals surface area contributed by atoms with E-state index in [-0.39, 0.29) is 12.1 Å². The fourth-order valence-corrected chi connectivity index (χ4v) is 2.28. The van der Waals surface area contributed by atoms with Gasteiger partial charge in [0, 0.05) is 11.1 Å². The van der Waals surface area contributed by atoms with Gasteiger partial charge in [-0.2, -0.15) is 0 Å². The van der Waals surface area contributed by atoms with Crippen molar-refractivity contribution >= 4 is 17.2 Å². The van der Waals surface area contributed by atoms with Crippen LogP contribution in [-0.2, 0) is 4.79 Å². The maximum Gasteiger partial charge on any atom is 0.235 e. The molecule has 1 amide bonds. The third-order valence-electron chi connectivity index (χ3n) is 2.00. The first-order valence-electron chi connectivity index (χ1n) is 4.08. The Morgan fingerprint density at radius 1 is 1.77 bits per heavy atom. The summed E-state index contributed by atoms with van der Waals surface area (Å²) in [5.41, 5.74) is 1.01. The molecule has 1 aliphatic heterocycles. The van der Waals surface area contributed by atoms with Crippen molar-refractivity contribution in [2.45, 2.75) is 13.1 Å². The van der Waals surface area contributed by atoms with Crippen LogP contribution in [0.1, 0.15) is 16.9 Å². The Hall–Kier alpha value is -0.940. The van der Waals surface area contributed by atoms with Crippen LogP contribution in [0.3, 0.4) is 0 Å². The predicted molar refractivity (Wildman–Crippen MR) is 50.4 cm³/mol. The second kappa shape index (κ2) is 3.08. The average Bonchev–Trinajstić information content (AvgIpc) is 2.58. The number of amides is 1. The Morgan fingerprint density at radius 3 is 3.00 bits per heavy atom. The first kappa shape index (κ1) is 8.65. The quantitative estimate of drug-likeness (QED) is 0.713. The van der Waals surface area contributed by atoms with Crippen LogP contribution in [0, 0.1) is 6.92 Å². The molecular weight excluding hydrogens is 186 g/mol. The van der Waals surface area contributed by atoms with Crippen molar-refractivity contribution in [2.24, 2.45) is 0 Å². The maximum absolute atomic E-state index is 11.1. The van der Waals surface area contributed by atoms with E-state index in [1.807, 2.05) is 24.3 Å². The van der Waals surface area contributed by atoms with E-state index in [2.05, 4.69) is 10.3 Å². The number of thiazole rings is 1. The zero-order chi connectivity index (χ0) is 9.42. The van der Waals surface area contributed by atoms with Crippen LogP contribution in [0.2, 0.25) is 0 Å². The van der Waals surface area contributed by atoms with Crippen LogP contribution >= 0.6 is 11.3 Å². The number of aryl methyl sites for hydroxylation is 1. The molecule has 1 atom stereocenters. The fraction of sp³-hybridized carbons (Fsp3) is 0.500. The Bertz CT molecular complexity index is 336. The van der Waals surface area contributed by atoms with Gasteiger partial charge in [0.15, 0.2) is 0 Å². The van der Waals surface area contributed by atoms with Gasteiger partial charge in [0.1, 0.15) is 11.2 Å². The number of nitrogens with one attached hydrogen (secondary N) is 1. The molecule has 13 heavy (non-hydrogen) atoms. The number of hydrogen-bond donors (Lipinski definition) is 1. The average molecular weight is 197 g/mol. The van der Waals surface area contributed by atoms with E-state index in [1.54, 1.807) is 11.3 Å². The summed E-state index contributed by atoms with van der Waals surface area (Å²) in [6.07, 6.45) is -0.0220. The second-order valence-electron chi connectivity index (χ2n) is 3.21. The molecule has 1 aliphatic rings. The summed E-state index contributed by atoms with van der Waals surface area (Å²) < 4.78 is 0. The van der Waals surface area contributed by atoms with Gasteiger partial charge in [0.25, 0.3) is 0 Å². The minimum absolute atomic E-state index is 0.0220. The number of carbonyl (C=O) groups excluding carboxylic acids is 1. The lowest BCUT2D eigenvalue weighted by Gasteiger charge is -2.14. The predicted octanol–water partition coefficient (Wildman–Crippen LogP) is 0.512. The van der Waals surface area contributed by atoms with Crippen LogP contribution in [0.5, 0.6) is 0 Å². The van der Waals surface area contributed by atoms with Gasteiger partial charge in [-0.3, -0.25) is 9.69 Å². The Morgan fingerprint density at radius 2 is 2.54 bits per heavy atom. The molecule has 70 valence electrons. The van der Waals surface area contributed by atoms with Crippen LogP contribution in [0.4, 0.5) is 0 Å². The summed E-state index contributed by atoms with van der Waals surface area (Å²) in [5, 5.41) is 5.83. The van der Waals surface area contributed by atoms with Gasteiger partial charge in [0.05, 0.1) is 6.54 Å². The van der Waals surface area contributed by atoms with Crippen molar-refractivity contribution in [1.82, 2.24) is 15.2 Å². The minimum Gasteiger partial charge on any atom is -0.333 e. The van der Waals surface area contributed by atoms with Gasteiger partial charge in [-0.15, -0.1) is 11.3 Å². The summed E-state index contributed by atoms with van der Waals surface area (Å²) in [5.74, 6) is 0.0698. The van der Waals surface area contributed by atoms with Gasteiger partial charge < -0.3 is 5.32 Å². The number of likely N-dealkylation sites (N-methyl/N-ethyl adjacent to an activating group) is 1. The molecule has 1 fully saturated rings. The van der Waals surface area contributed by atoms with Crippen molar-refractivity contribution in [3.05, 3.63) is 16.1 Å². The molecule has 0 saturated carbocycles.